The Bertz CT molecular complexity index is 401. The first-order chi connectivity index (χ1) is 8.19. The number of nitrogens with one attached hydrogen (secondary N) is 2. The lowest BCUT2D eigenvalue weighted by Crippen LogP contribution is -2.32. The van der Waals surface area contributed by atoms with Gasteiger partial charge in [-0.2, -0.15) is 0 Å². The molecule has 92 valence electrons. The van der Waals surface area contributed by atoms with Gasteiger partial charge in [0.05, 0.1) is 11.3 Å². The molecule has 0 radical (unpaired) electrons. The van der Waals surface area contributed by atoms with Crippen molar-refractivity contribution >= 4 is 11.6 Å². The number of pyridine rings is 1. The molecule has 4 nitrogen and oxygen atoms in total. The number of carbonyl (C=O) groups excluding carboxylic acids is 1. The third kappa shape index (κ3) is 3.44. The predicted molar refractivity (Wildman–Crippen MR) is 68.1 cm³/mol. The van der Waals surface area contributed by atoms with Crippen molar-refractivity contribution in [2.24, 2.45) is 0 Å². The summed E-state index contributed by atoms with van der Waals surface area (Å²) in [5.74, 6) is -0.0497. The smallest absolute Gasteiger partial charge is 0.253 e. The highest BCUT2D eigenvalue weighted by Crippen LogP contribution is 2.24. The van der Waals surface area contributed by atoms with E-state index in [1.807, 2.05) is 19.9 Å². The Hall–Kier alpha value is -1.58. The van der Waals surface area contributed by atoms with Gasteiger partial charge in [-0.05, 0) is 32.3 Å². The Morgan fingerprint density at radius 1 is 1.53 bits per heavy atom. The zero-order valence-electron chi connectivity index (χ0n) is 10.4. The highest BCUT2D eigenvalue weighted by atomic mass is 16.1. The molecule has 1 unspecified atom stereocenters. The van der Waals surface area contributed by atoms with Gasteiger partial charge in [-0.25, -0.2) is 0 Å². The van der Waals surface area contributed by atoms with Gasteiger partial charge in [0, 0.05) is 24.5 Å². The van der Waals surface area contributed by atoms with Gasteiger partial charge in [0.1, 0.15) is 0 Å². The van der Waals surface area contributed by atoms with E-state index in [1.54, 1.807) is 12.4 Å². The second-order valence-electron chi connectivity index (χ2n) is 4.66. The molecule has 2 N–H and O–H groups in total. The molecule has 1 amide bonds. The standard InChI is InChI=1S/C13H19N3O/c1-3-9(2)15-13(17)10-6-12(8-14-7-10)16-11-4-5-11/h6-9,11,16H,3-5H2,1-2H3,(H,15,17). The molecule has 1 heterocycles. The van der Waals surface area contributed by atoms with Crippen molar-refractivity contribution in [3.63, 3.8) is 0 Å². The minimum atomic E-state index is -0.0497. The second kappa shape index (κ2) is 5.17. The average molecular weight is 233 g/mol. The van der Waals surface area contributed by atoms with Crippen LogP contribution in [0.15, 0.2) is 18.5 Å². The van der Waals surface area contributed by atoms with Crippen molar-refractivity contribution in [1.82, 2.24) is 10.3 Å². The molecule has 0 saturated heterocycles. The molecule has 1 aromatic heterocycles. The van der Waals surface area contributed by atoms with Gasteiger partial charge < -0.3 is 10.6 Å². The monoisotopic (exact) mass is 233 g/mol. The molecule has 1 aromatic rings. The van der Waals surface area contributed by atoms with Crippen LogP contribution in [0.3, 0.4) is 0 Å². The number of carbonyl (C=O) groups is 1. The molecule has 0 aliphatic heterocycles. The van der Waals surface area contributed by atoms with Crippen LogP contribution in [0.25, 0.3) is 0 Å². The van der Waals surface area contributed by atoms with Crippen molar-refractivity contribution in [3.8, 4) is 0 Å². The summed E-state index contributed by atoms with van der Waals surface area (Å²) in [6.45, 7) is 4.05. The molecule has 1 aliphatic carbocycles. The summed E-state index contributed by atoms with van der Waals surface area (Å²) in [5, 5.41) is 6.27. The van der Waals surface area contributed by atoms with Crippen LogP contribution < -0.4 is 10.6 Å². The van der Waals surface area contributed by atoms with Crippen LogP contribution in [0.4, 0.5) is 5.69 Å². The van der Waals surface area contributed by atoms with Crippen LogP contribution in [0.1, 0.15) is 43.5 Å². The zero-order chi connectivity index (χ0) is 12.3. The lowest BCUT2D eigenvalue weighted by Gasteiger charge is -2.12. The summed E-state index contributed by atoms with van der Waals surface area (Å²) in [6, 6.07) is 2.63. The Morgan fingerprint density at radius 3 is 2.94 bits per heavy atom. The molecule has 1 fully saturated rings. The molecule has 0 spiro atoms. The van der Waals surface area contributed by atoms with Crippen LogP contribution in [-0.2, 0) is 0 Å². The van der Waals surface area contributed by atoms with Crippen molar-refractivity contribution in [2.75, 3.05) is 5.32 Å². The van der Waals surface area contributed by atoms with E-state index in [2.05, 4.69) is 15.6 Å². The summed E-state index contributed by atoms with van der Waals surface area (Å²) in [6.07, 6.45) is 6.72. The molecular weight excluding hydrogens is 214 g/mol. The Balaban J connectivity index is 2.01. The zero-order valence-corrected chi connectivity index (χ0v) is 10.4. The largest absolute Gasteiger partial charge is 0.381 e. The average Bonchev–Trinajstić information content (AvgIpc) is 3.13. The molecule has 17 heavy (non-hydrogen) atoms. The fourth-order valence-electron chi connectivity index (χ4n) is 1.52. The van der Waals surface area contributed by atoms with Crippen LogP contribution >= 0.6 is 0 Å². The number of rotatable bonds is 5. The van der Waals surface area contributed by atoms with E-state index in [4.69, 9.17) is 0 Å². The number of hydrogen-bond donors (Lipinski definition) is 2. The summed E-state index contributed by atoms with van der Waals surface area (Å²) in [4.78, 5) is 16.0. The van der Waals surface area contributed by atoms with E-state index in [9.17, 15) is 4.79 Å². The van der Waals surface area contributed by atoms with Crippen molar-refractivity contribution in [2.45, 2.75) is 45.2 Å². The lowest BCUT2D eigenvalue weighted by molar-refractivity contribution is 0.0939. The Labute approximate surface area is 102 Å². The van der Waals surface area contributed by atoms with Gasteiger partial charge in [-0.15, -0.1) is 0 Å². The maximum Gasteiger partial charge on any atom is 0.253 e. The van der Waals surface area contributed by atoms with Gasteiger partial charge in [0.15, 0.2) is 0 Å². The maximum absolute atomic E-state index is 11.9. The summed E-state index contributed by atoms with van der Waals surface area (Å²) < 4.78 is 0. The van der Waals surface area contributed by atoms with E-state index in [0.29, 0.717) is 11.6 Å². The van der Waals surface area contributed by atoms with Gasteiger partial charge in [0.25, 0.3) is 5.91 Å². The van der Waals surface area contributed by atoms with E-state index in [-0.39, 0.29) is 11.9 Å². The molecular formula is C13H19N3O. The third-order valence-corrected chi connectivity index (χ3v) is 2.94. The minimum absolute atomic E-state index is 0.0497. The first-order valence-electron chi connectivity index (χ1n) is 6.21. The van der Waals surface area contributed by atoms with Crippen LogP contribution in [0.2, 0.25) is 0 Å². The summed E-state index contributed by atoms with van der Waals surface area (Å²) >= 11 is 0. The maximum atomic E-state index is 11.9. The van der Waals surface area contributed by atoms with E-state index < -0.39 is 0 Å². The summed E-state index contributed by atoms with van der Waals surface area (Å²) in [7, 11) is 0. The topological polar surface area (TPSA) is 54.0 Å². The molecule has 1 atom stereocenters. The van der Waals surface area contributed by atoms with E-state index in [0.717, 1.165) is 12.1 Å². The minimum Gasteiger partial charge on any atom is -0.381 e. The highest BCUT2D eigenvalue weighted by molar-refractivity contribution is 5.94. The Morgan fingerprint density at radius 2 is 2.29 bits per heavy atom. The molecule has 1 aliphatic rings. The SMILES string of the molecule is CCC(C)NC(=O)c1cncc(NC2CC2)c1. The molecule has 0 aromatic carbocycles. The normalized spacial score (nSPS) is 16.4. The second-order valence-corrected chi connectivity index (χ2v) is 4.66. The molecule has 0 bridgehead atoms. The molecule has 2 rings (SSSR count). The van der Waals surface area contributed by atoms with Crippen LogP contribution in [0, 0.1) is 0 Å². The van der Waals surface area contributed by atoms with Gasteiger partial charge in [-0.3, -0.25) is 9.78 Å². The quantitative estimate of drug-likeness (QED) is 0.819. The predicted octanol–water partition coefficient (Wildman–Crippen LogP) is 2.18. The van der Waals surface area contributed by atoms with E-state index in [1.165, 1.54) is 12.8 Å². The first kappa shape index (κ1) is 11.9. The first-order valence-corrected chi connectivity index (χ1v) is 6.21. The lowest BCUT2D eigenvalue weighted by atomic mass is 10.2. The number of nitrogens with zero attached hydrogens (tertiary/aromatic N) is 1. The molecule has 1 saturated carbocycles. The number of anilines is 1. The molecule has 4 heteroatoms. The van der Waals surface area contributed by atoms with Gasteiger partial charge in [0.2, 0.25) is 0 Å². The van der Waals surface area contributed by atoms with Crippen molar-refractivity contribution < 1.29 is 4.79 Å². The fourth-order valence-corrected chi connectivity index (χ4v) is 1.52. The van der Waals surface area contributed by atoms with Crippen LogP contribution in [-0.4, -0.2) is 23.0 Å². The Kier molecular flexibility index (Phi) is 3.61. The number of hydrogen-bond acceptors (Lipinski definition) is 3. The van der Waals surface area contributed by atoms with Crippen molar-refractivity contribution in [1.29, 1.82) is 0 Å². The van der Waals surface area contributed by atoms with Gasteiger partial charge >= 0.3 is 0 Å². The number of aromatic nitrogens is 1. The summed E-state index contributed by atoms with van der Waals surface area (Å²) in [5.41, 5.74) is 1.56. The van der Waals surface area contributed by atoms with Crippen LogP contribution in [0.5, 0.6) is 0 Å². The van der Waals surface area contributed by atoms with Crippen molar-refractivity contribution in [3.05, 3.63) is 24.0 Å². The third-order valence-electron chi connectivity index (χ3n) is 2.94. The highest BCUT2D eigenvalue weighted by Gasteiger charge is 2.21. The van der Waals surface area contributed by atoms with Gasteiger partial charge in [-0.1, -0.05) is 6.92 Å². The van der Waals surface area contributed by atoms with E-state index >= 15 is 0 Å². The number of amides is 1. The fraction of sp³-hybridized carbons (Fsp3) is 0.538.